The molecular formula is C33H37N3. The Labute approximate surface area is 216 Å². The van der Waals surface area contributed by atoms with Crippen molar-refractivity contribution in [2.45, 2.75) is 40.5 Å². The summed E-state index contributed by atoms with van der Waals surface area (Å²) >= 11 is 0. The SMILES string of the molecule is C=C/C=C(\C=C(/C)C1=N/C(=c2\nc(/C(C=C)=C/C=C)cc\c2=C\C)CC=C1)C(/C=C)=N/C(C)=C/CC. The monoisotopic (exact) mass is 475 g/mol. The van der Waals surface area contributed by atoms with Crippen LogP contribution < -0.4 is 10.6 Å². The van der Waals surface area contributed by atoms with Crippen molar-refractivity contribution in [2.75, 3.05) is 0 Å². The van der Waals surface area contributed by atoms with Gasteiger partial charge >= 0.3 is 0 Å². The molecule has 0 bridgehead atoms. The van der Waals surface area contributed by atoms with Gasteiger partial charge in [-0.1, -0.05) is 87.9 Å². The van der Waals surface area contributed by atoms with Crippen LogP contribution in [0.1, 0.15) is 46.2 Å². The molecule has 184 valence electrons. The molecule has 0 unspecified atom stereocenters. The lowest BCUT2D eigenvalue weighted by molar-refractivity contribution is 1.13. The van der Waals surface area contributed by atoms with Crippen LogP contribution in [0, 0.1) is 0 Å². The molecule has 36 heavy (non-hydrogen) atoms. The van der Waals surface area contributed by atoms with Crippen LogP contribution in [0.4, 0.5) is 0 Å². The van der Waals surface area contributed by atoms with Crippen molar-refractivity contribution >= 4 is 28.8 Å². The first-order chi connectivity index (χ1) is 17.4. The van der Waals surface area contributed by atoms with Crippen molar-refractivity contribution < 1.29 is 0 Å². The second-order valence-electron chi connectivity index (χ2n) is 8.18. The highest BCUT2D eigenvalue weighted by Crippen LogP contribution is 2.18. The Morgan fingerprint density at radius 2 is 1.81 bits per heavy atom. The zero-order chi connectivity index (χ0) is 26.5. The fourth-order valence-corrected chi connectivity index (χ4v) is 3.76. The van der Waals surface area contributed by atoms with E-state index in [-0.39, 0.29) is 0 Å². The maximum absolute atomic E-state index is 5.02. The minimum absolute atomic E-state index is 0.707. The first-order valence-corrected chi connectivity index (χ1v) is 12.2. The molecule has 0 saturated carbocycles. The zero-order valence-corrected chi connectivity index (χ0v) is 22.1. The Morgan fingerprint density at radius 3 is 2.42 bits per heavy atom. The zero-order valence-electron chi connectivity index (χ0n) is 22.1. The number of dihydropyridines is 1. The molecule has 1 aromatic heterocycles. The summed E-state index contributed by atoms with van der Waals surface area (Å²) in [5, 5.41) is 1.92. The average molecular weight is 476 g/mol. The van der Waals surface area contributed by atoms with Gasteiger partial charge in [-0.2, -0.15) is 0 Å². The van der Waals surface area contributed by atoms with Crippen LogP contribution in [0.2, 0.25) is 0 Å². The minimum Gasteiger partial charge on any atom is -0.253 e. The number of hydrogen-bond donors (Lipinski definition) is 0. The molecule has 2 heterocycles. The van der Waals surface area contributed by atoms with Crippen molar-refractivity contribution in [2.24, 2.45) is 9.98 Å². The predicted octanol–water partition coefficient (Wildman–Crippen LogP) is 7.15. The van der Waals surface area contributed by atoms with Gasteiger partial charge in [0.05, 0.1) is 28.2 Å². The fourth-order valence-electron chi connectivity index (χ4n) is 3.76. The molecule has 2 rings (SSSR count). The molecule has 1 aliphatic heterocycles. The molecule has 3 nitrogen and oxygen atoms in total. The molecule has 1 aliphatic rings. The van der Waals surface area contributed by atoms with Crippen LogP contribution in [-0.4, -0.2) is 16.4 Å². The number of hydrogen-bond acceptors (Lipinski definition) is 3. The van der Waals surface area contributed by atoms with Crippen molar-refractivity contribution in [3.63, 3.8) is 0 Å². The van der Waals surface area contributed by atoms with Gasteiger partial charge < -0.3 is 0 Å². The minimum atomic E-state index is 0.707. The Balaban J connectivity index is 2.67. The highest BCUT2D eigenvalue weighted by Gasteiger charge is 2.10. The van der Waals surface area contributed by atoms with Gasteiger partial charge in [-0.3, -0.25) is 9.98 Å². The molecular weight excluding hydrogens is 438 g/mol. The lowest BCUT2D eigenvalue weighted by Gasteiger charge is -2.12. The third kappa shape index (κ3) is 7.44. The number of rotatable bonds is 10. The molecule has 0 N–H and O–H groups in total. The first-order valence-electron chi connectivity index (χ1n) is 12.2. The van der Waals surface area contributed by atoms with E-state index in [2.05, 4.69) is 76.6 Å². The number of aromatic nitrogens is 1. The lowest BCUT2D eigenvalue weighted by atomic mass is 10.0. The fraction of sp³-hybridized carbons (Fsp3) is 0.182. The molecule has 0 radical (unpaired) electrons. The number of pyridine rings is 1. The molecule has 0 spiro atoms. The summed E-state index contributed by atoms with van der Waals surface area (Å²) in [5.74, 6) is 0. The van der Waals surface area contributed by atoms with Gasteiger partial charge in [0.15, 0.2) is 0 Å². The maximum atomic E-state index is 5.02. The predicted molar refractivity (Wildman–Crippen MR) is 160 cm³/mol. The molecule has 1 aromatic rings. The Bertz CT molecular complexity index is 1370. The van der Waals surface area contributed by atoms with Gasteiger partial charge in [0, 0.05) is 17.7 Å². The third-order valence-corrected chi connectivity index (χ3v) is 5.53. The molecule has 3 heteroatoms. The Morgan fingerprint density at radius 1 is 1.06 bits per heavy atom. The largest absolute Gasteiger partial charge is 0.253 e. The summed E-state index contributed by atoms with van der Waals surface area (Å²) in [7, 11) is 0. The molecule has 0 aliphatic carbocycles. The average Bonchev–Trinajstić information content (AvgIpc) is 2.90. The van der Waals surface area contributed by atoms with Gasteiger partial charge in [0.25, 0.3) is 0 Å². The van der Waals surface area contributed by atoms with Crippen LogP contribution in [0.25, 0.3) is 17.3 Å². The molecule has 0 fully saturated rings. The van der Waals surface area contributed by atoms with E-state index in [1.54, 1.807) is 24.3 Å². The smallest absolute Gasteiger partial charge is 0.0924 e. The highest BCUT2D eigenvalue weighted by atomic mass is 14.8. The van der Waals surface area contributed by atoms with E-state index in [1.807, 2.05) is 32.1 Å². The van der Waals surface area contributed by atoms with Crippen molar-refractivity contribution in [3.8, 4) is 0 Å². The molecule has 0 saturated heterocycles. The summed E-state index contributed by atoms with van der Waals surface area (Å²) in [6.07, 6.45) is 23.0. The molecule has 0 amide bonds. The van der Waals surface area contributed by atoms with Crippen LogP contribution >= 0.6 is 0 Å². The maximum Gasteiger partial charge on any atom is 0.0924 e. The van der Waals surface area contributed by atoms with Gasteiger partial charge in [0.1, 0.15) is 0 Å². The third-order valence-electron chi connectivity index (χ3n) is 5.53. The van der Waals surface area contributed by atoms with Gasteiger partial charge in [-0.25, -0.2) is 4.98 Å². The van der Waals surface area contributed by atoms with Crippen molar-refractivity contribution in [1.82, 2.24) is 4.98 Å². The summed E-state index contributed by atoms with van der Waals surface area (Å²) in [6.45, 7) is 23.7. The second-order valence-corrected chi connectivity index (χ2v) is 8.18. The number of aliphatic imine (C=N–C) groups is 2. The van der Waals surface area contributed by atoms with E-state index >= 15 is 0 Å². The van der Waals surface area contributed by atoms with Crippen LogP contribution in [0.15, 0.2) is 126 Å². The topological polar surface area (TPSA) is 37.6 Å². The number of allylic oxidation sites excluding steroid dienone is 13. The second kappa shape index (κ2) is 14.3. The normalized spacial score (nSPS) is 17.6. The van der Waals surface area contributed by atoms with E-state index in [4.69, 9.17) is 15.0 Å². The van der Waals surface area contributed by atoms with Gasteiger partial charge in [-0.15, -0.1) is 0 Å². The Hall–Kier alpha value is -4.11. The summed E-state index contributed by atoms with van der Waals surface area (Å²) in [6, 6.07) is 4.08. The van der Waals surface area contributed by atoms with Crippen LogP contribution in [0.3, 0.4) is 0 Å². The van der Waals surface area contributed by atoms with Crippen LogP contribution in [0.5, 0.6) is 0 Å². The van der Waals surface area contributed by atoms with Crippen molar-refractivity contribution in [1.29, 1.82) is 0 Å². The Kier molecular flexibility index (Phi) is 11.2. The van der Waals surface area contributed by atoms with Gasteiger partial charge in [0.2, 0.25) is 0 Å². The van der Waals surface area contributed by atoms with Gasteiger partial charge in [-0.05, 0) is 67.9 Å². The molecule has 0 aromatic carbocycles. The summed E-state index contributed by atoms with van der Waals surface area (Å²) < 4.78 is 0. The van der Waals surface area contributed by atoms with E-state index < -0.39 is 0 Å². The van der Waals surface area contributed by atoms with E-state index in [9.17, 15) is 0 Å². The van der Waals surface area contributed by atoms with E-state index in [0.717, 1.165) is 62.2 Å². The summed E-state index contributed by atoms with van der Waals surface area (Å²) in [5.41, 5.74) is 7.26. The highest BCUT2D eigenvalue weighted by molar-refractivity contribution is 6.15. The van der Waals surface area contributed by atoms with Crippen LogP contribution in [-0.2, 0) is 0 Å². The molecule has 0 atom stereocenters. The lowest BCUT2D eigenvalue weighted by Crippen LogP contribution is -2.31. The van der Waals surface area contributed by atoms with E-state index in [1.165, 1.54) is 0 Å². The standard InChI is InChI=1S/C33H37N3/c1-9-16-25(8)34-29(14-6)28(18-11-3)23-24(7)30-19-15-20-32(35-30)33-27(13-5)21-22-31(36-33)26(12-4)17-10-2/h10-19,21-23H,2-4,6,9,20H2,1,5,7-8H3/b24-23+,25-16+,26-17+,27-13-,28-18+,33-32-,34-29+. The quantitative estimate of drug-likeness (QED) is 0.262. The van der Waals surface area contributed by atoms with E-state index in [0.29, 0.717) is 6.42 Å². The summed E-state index contributed by atoms with van der Waals surface area (Å²) in [4.78, 5) is 14.7. The first kappa shape index (κ1) is 28.1. The number of nitrogens with zero attached hydrogens (tertiary/aromatic N) is 3. The van der Waals surface area contributed by atoms with Crippen molar-refractivity contribution in [3.05, 3.63) is 132 Å².